The molecule has 2 nitrogen and oxygen atoms in total. The van der Waals surface area contributed by atoms with Crippen LogP contribution in [0.15, 0.2) is 46.9 Å². The predicted molar refractivity (Wildman–Crippen MR) is 82.8 cm³/mol. The van der Waals surface area contributed by atoms with Gasteiger partial charge in [-0.15, -0.1) is 0 Å². The van der Waals surface area contributed by atoms with Crippen LogP contribution < -0.4 is 10.5 Å². The van der Waals surface area contributed by atoms with Crippen LogP contribution in [0.3, 0.4) is 0 Å². The third kappa shape index (κ3) is 3.72. The molecule has 2 aromatic rings. The SMILES string of the molecule is Cc1ccc(C(CN)Oc2ccc(Cl)cc2Br)cc1. The smallest absolute Gasteiger partial charge is 0.136 e. The van der Waals surface area contributed by atoms with Gasteiger partial charge < -0.3 is 10.5 Å². The first-order valence-corrected chi connectivity index (χ1v) is 7.15. The van der Waals surface area contributed by atoms with Crippen molar-refractivity contribution in [3.63, 3.8) is 0 Å². The van der Waals surface area contributed by atoms with Gasteiger partial charge in [0.05, 0.1) is 4.47 Å². The zero-order valence-electron chi connectivity index (χ0n) is 10.6. The molecule has 0 bridgehead atoms. The molecule has 0 radical (unpaired) electrons. The number of hydrogen-bond acceptors (Lipinski definition) is 2. The lowest BCUT2D eigenvalue weighted by Crippen LogP contribution is -2.18. The Kier molecular flexibility index (Phi) is 4.86. The van der Waals surface area contributed by atoms with Crippen molar-refractivity contribution in [2.75, 3.05) is 6.54 Å². The third-order valence-corrected chi connectivity index (χ3v) is 3.68. The minimum atomic E-state index is -0.168. The van der Waals surface area contributed by atoms with E-state index in [1.54, 1.807) is 12.1 Å². The maximum atomic E-state index is 5.94. The van der Waals surface area contributed by atoms with Gasteiger partial charge in [-0.2, -0.15) is 0 Å². The number of hydrogen-bond donors (Lipinski definition) is 1. The third-order valence-electron chi connectivity index (χ3n) is 2.83. The van der Waals surface area contributed by atoms with Gasteiger partial charge in [-0.25, -0.2) is 0 Å². The summed E-state index contributed by atoms with van der Waals surface area (Å²) >= 11 is 9.35. The van der Waals surface area contributed by atoms with Crippen molar-refractivity contribution in [2.45, 2.75) is 13.0 Å². The number of nitrogens with two attached hydrogens (primary N) is 1. The molecule has 100 valence electrons. The molecule has 0 aromatic heterocycles. The summed E-state index contributed by atoms with van der Waals surface area (Å²) in [5, 5.41) is 0.666. The molecule has 2 rings (SSSR count). The molecule has 0 aliphatic rings. The van der Waals surface area contributed by atoms with Crippen molar-refractivity contribution in [3.8, 4) is 5.75 Å². The Bertz CT molecular complexity index is 557. The average molecular weight is 341 g/mol. The summed E-state index contributed by atoms with van der Waals surface area (Å²) in [6, 6.07) is 13.6. The molecule has 0 saturated carbocycles. The first kappa shape index (κ1) is 14.4. The fourth-order valence-corrected chi connectivity index (χ4v) is 2.53. The number of aryl methyl sites for hydroxylation is 1. The van der Waals surface area contributed by atoms with Gasteiger partial charge >= 0.3 is 0 Å². The Morgan fingerprint density at radius 2 is 1.89 bits per heavy atom. The monoisotopic (exact) mass is 339 g/mol. The van der Waals surface area contributed by atoms with Gasteiger partial charge in [-0.05, 0) is 46.6 Å². The van der Waals surface area contributed by atoms with Crippen LogP contribution in [0.4, 0.5) is 0 Å². The van der Waals surface area contributed by atoms with E-state index in [4.69, 9.17) is 22.1 Å². The molecule has 0 spiro atoms. The van der Waals surface area contributed by atoms with Crippen molar-refractivity contribution in [1.29, 1.82) is 0 Å². The van der Waals surface area contributed by atoms with Crippen molar-refractivity contribution >= 4 is 27.5 Å². The Labute approximate surface area is 126 Å². The summed E-state index contributed by atoms with van der Waals surface area (Å²) in [6.07, 6.45) is -0.168. The van der Waals surface area contributed by atoms with Gasteiger partial charge in [0.2, 0.25) is 0 Å². The average Bonchev–Trinajstić information content (AvgIpc) is 2.39. The van der Waals surface area contributed by atoms with E-state index >= 15 is 0 Å². The van der Waals surface area contributed by atoms with Crippen LogP contribution in [-0.4, -0.2) is 6.54 Å². The van der Waals surface area contributed by atoms with E-state index in [-0.39, 0.29) is 6.10 Å². The lowest BCUT2D eigenvalue weighted by Gasteiger charge is -2.19. The van der Waals surface area contributed by atoms with Crippen LogP contribution in [-0.2, 0) is 0 Å². The summed E-state index contributed by atoms with van der Waals surface area (Å²) in [4.78, 5) is 0. The van der Waals surface area contributed by atoms with E-state index in [1.807, 2.05) is 18.2 Å². The number of benzene rings is 2. The van der Waals surface area contributed by atoms with Gasteiger partial charge in [0.25, 0.3) is 0 Å². The summed E-state index contributed by atoms with van der Waals surface area (Å²) in [6.45, 7) is 2.47. The van der Waals surface area contributed by atoms with E-state index in [1.165, 1.54) is 5.56 Å². The molecule has 19 heavy (non-hydrogen) atoms. The number of ether oxygens (including phenoxy) is 1. The lowest BCUT2D eigenvalue weighted by atomic mass is 10.1. The van der Waals surface area contributed by atoms with Crippen LogP contribution in [0.2, 0.25) is 5.02 Å². The van der Waals surface area contributed by atoms with Crippen molar-refractivity contribution in [1.82, 2.24) is 0 Å². The van der Waals surface area contributed by atoms with E-state index < -0.39 is 0 Å². The molecule has 1 unspecified atom stereocenters. The Hall–Kier alpha value is -1.03. The van der Waals surface area contributed by atoms with Crippen LogP contribution in [0.5, 0.6) is 5.75 Å². The zero-order chi connectivity index (χ0) is 13.8. The first-order valence-electron chi connectivity index (χ1n) is 5.98. The molecule has 0 saturated heterocycles. The summed E-state index contributed by atoms with van der Waals surface area (Å²) < 4.78 is 6.77. The highest BCUT2D eigenvalue weighted by Crippen LogP contribution is 2.31. The maximum Gasteiger partial charge on any atom is 0.136 e. The van der Waals surface area contributed by atoms with Gasteiger partial charge in [0.15, 0.2) is 0 Å². The Morgan fingerprint density at radius 3 is 2.47 bits per heavy atom. The Balaban J connectivity index is 2.21. The molecular formula is C15H15BrClNO. The highest BCUT2D eigenvalue weighted by Gasteiger charge is 2.13. The summed E-state index contributed by atoms with van der Waals surface area (Å²) in [5.41, 5.74) is 8.08. The molecule has 4 heteroatoms. The van der Waals surface area contributed by atoms with Crippen LogP contribution in [0.25, 0.3) is 0 Å². The molecule has 2 N–H and O–H groups in total. The molecule has 0 aliphatic carbocycles. The molecule has 0 fully saturated rings. The minimum absolute atomic E-state index is 0.168. The molecule has 0 amide bonds. The number of rotatable bonds is 4. The molecule has 1 atom stereocenters. The summed E-state index contributed by atoms with van der Waals surface area (Å²) in [7, 11) is 0. The predicted octanol–water partition coefficient (Wildman–Crippen LogP) is 4.49. The summed E-state index contributed by atoms with van der Waals surface area (Å²) in [5.74, 6) is 0.737. The van der Waals surface area contributed by atoms with E-state index in [0.29, 0.717) is 11.6 Å². The normalized spacial score (nSPS) is 12.2. The fourth-order valence-electron chi connectivity index (χ4n) is 1.76. The van der Waals surface area contributed by atoms with Crippen LogP contribution >= 0.6 is 27.5 Å². The van der Waals surface area contributed by atoms with E-state index in [0.717, 1.165) is 15.8 Å². The topological polar surface area (TPSA) is 35.2 Å². The largest absolute Gasteiger partial charge is 0.483 e. The van der Waals surface area contributed by atoms with Gasteiger partial charge in [-0.1, -0.05) is 41.4 Å². The van der Waals surface area contributed by atoms with Gasteiger partial charge in [-0.3, -0.25) is 0 Å². The Morgan fingerprint density at radius 1 is 1.21 bits per heavy atom. The fraction of sp³-hybridized carbons (Fsp3) is 0.200. The molecule has 2 aromatic carbocycles. The van der Waals surface area contributed by atoms with Crippen LogP contribution in [0, 0.1) is 6.92 Å². The lowest BCUT2D eigenvalue weighted by molar-refractivity contribution is 0.213. The van der Waals surface area contributed by atoms with E-state index in [9.17, 15) is 0 Å². The molecule has 0 heterocycles. The quantitative estimate of drug-likeness (QED) is 0.890. The second kappa shape index (κ2) is 6.42. The maximum absolute atomic E-state index is 5.94. The van der Waals surface area contributed by atoms with Gasteiger partial charge in [0, 0.05) is 11.6 Å². The second-order valence-electron chi connectivity index (χ2n) is 4.33. The highest BCUT2D eigenvalue weighted by atomic mass is 79.9. The van der Waals surface area contributed by atoms with Gasteiger partial charge in [0.1, 0.15) is 11.9 Å². The standard InChI is InChI=1S/C15H15BrClNO/c1-10-2-4-11(5-3-10)15(9-18)19-14-7-6-12(17)8-13(14)16/h2-8,15H,9,18H2,1H3. The van der Waals surface area contributed by atoms with Crippen molar-refractivity contribution in [2.24, 2.45) is 5.73 Å². The van der Waals surface area contributed by atoms with Crippen LogP contribution in [0.1, 0.15) is 17.2 Å². The second-order valence-corrected chi connectivity index (χ2v) is 5.62. The number of halogens is 2. The van der Waals surface area contributed by atoms with Crippen molar-refractivity contribution < 1.29 is 4.74 Å². The zero-order valence-corrected chi connectivity index (χ0v) is 12.9. The van der Waals surface area contributed by atoms with E-state index in [2.05, 4.69) is 35.0 Å². The first-order chi connectivity index (χ1) is 9.10. The molecule has 0 aliphatic heterocycles. The molecular weight excluding hydrogens is 326 g/mol. The van der Waals surface area contributed by atoms with Crippen molar-refractivity contribution in [3.05, 3.63) is 63.1 Å². The highest BCUT2D eigenvalue weighted by molar-refractivity contribution is 9.10. The minimum Gasteiger partial charge on any atom is -0.483 e.